The number of rotatable bonds is 5. The highest BCUT2D eigenvalue weighted by Gasteiger charge is 2.11. The highest BCUT2D eigenvalue weighted by atomic mass is 35.5. The lowest BCUT2D eigenvalue weighted by atomic mass is 10.1. The van der Waals surface area contributed by atoms with Crippen molar-refractivity contribution < 1.29 is 23.0 Å². The van der Waals surface area contributed by atoms with E-state index in [1.807, 2.05) is 0 Å². The number of benzene rings is 1. The van der Waals surface area contributed by atoms with Gasteiger partial charge in [0.05, 0.1) is 7.11 Å². The summed E-state index contributed by atoms with van der Waals surface area (Å²) in [5.41, 5.74) is 0.486. The molecule has 0 aliphatic heterocycles. The first-order valence-corrected chi connectivity index (χ1v) is 5.20. The first-order chi connectivity index (χ1) is 8.02. The number of esters is 1. The molecule has 0 saturated carbocycles. The maximum atomic E-state index is 12.1. The molecule has 1 rings (SSSR count). The maximum Gasteiger partial charge on any atom is 0.387 e. The molecular weight excluding hydrogens is 254 g/mol. The number of alkyl halides is 2. The molecular formula is C11H11ClF2O3. The quantitative estimate of drug-likeness (QED) is 0.767. The second-order valence-corrected chi connectivity index (χ2v) is 3.64. The summed E-state index contributed by atoms with van der Waals surface area (Å²) in [5.74, 6) is -0.431. The minimum Gasteiger partial charge on any atom is -0.469 e. The van der Waals surface area contributed by atoms with Crippen molar-refractivity contribution in [2.75, 3.05) is 7.11 Å². The van der Waals surface area contributed by atoms with Crippen LogP contribution in [0.15, 0.2) is 18.2 Å². The summed E-state index contributed by atoms with van der Waals surface area (Å²) in [6.07, 6.45) is 0.351. The number of hydrogen-bond acceptors (Lipinski definition) is 3. The molecule has 0 saturated heterocycles. The summed E-state index contributed by atoms with van der Waals surface area (Å²) in [6.45, 7) is -2.93. The number of carbonyl (C=O) groups excluding carboxylic acids is 1. The number of carbonyl (C=O) groups is 1. The van der Waals surface area contributed by atoms with E-state index in [0.29, 0.717) is 10.6 Å². The van der Waals surface area contributed by atoms with Gasteiger partial charge in [0, 0.05) is 11.4 Å². The molecule has 0 heterocycles. The van der Waals surface area contributed by atoms with Gasteiger partial charge in [-0.15, -0.1) is 0 Å². The lowest BCUT2D eigenvalue weighted by molar-refractivity contribution is -0.140. The predicted molar refractivity (Wildman–Crippen MR) is 58.4 cm³/mol. The normalized spacial score (nSPS) is 10.4. The molecule has 0 atom stereocenters. The molecule has 0 aromatic heterocycles. The number of halogens is 3. The van der Waals surface area contributed by atoms with E-state index in [2.05, 4.69) is 9.47 Å². The van der Waals surface area contributed by atoms with Gasteiger partial charge in [0.25, 0.3) is 0 Å². The van der Waals surface area contributed by atoms with Crippen LogP contribution in [0.4, 0.5) is 8.78 Å². The number of hydrogen-bond donors (Lipinski definition) is 0. The van der Waals surface area contributed by atoms with Crippen molar-refractivity contribution >= 4 is 17.6 Å². The zero-order valence-corrected chi connectivity index (χ0v) is 9.84. The third kappa shape index (κ3) is 4.56. The van der Waals surface area contributed by atoms with Gasteiger partial charge < -0.3 is 9.47 Å². The van der Waals surface area contributed by atoms with Gasteiger partial charge in [-0.25, -0.2) is 0 Å². The number of methoxy groups -OCH3 is 1. The van der Waals surface area contributed by atoms with Gasteiger partial charge in [0.1, 0.15) is 5.75 Å². The minimum absolute atomic E-state index is 0.0172. The molecule has 0 radical (unpaired) electrons. The molecule has 17 heavy (non-hydrogen) atoms. The van der Waals surface area contributed by atoms with Crippen molar-refractivity contribution in [1.82, 2.24) is 0 Å². The Morgan fingerprint density at radius 1 is 1.47 bits per heavy atom. The van der Waals surface area contributed by atoms with Crippen LogP contribution >= 0.6 is 11.6 Å². The molecule has 1 aromatic rings. The maximum absolute atomic E-state index is 12.1. The Bertz CT molecular complexity index is 396. The summed E-state index contributed by atoms with van der Waals surface area (Å²) in [5, 5.41) is 0.294. The molecule has 94 valence electrons. The third-order valence-electron chi connectivity index (χ3n) is 2.07. The summed E-state index contributed by atoms with van der Waals surface area (Å²) >= 11 is 5.67. The van der Waals surface area contributed by atoms with Gasteiger partial charge in [-0.3, -0.25) is 4.79 Å². The summed E-state index contributed by atoms with van der Waals surface area (Å²) in [6, 6.07) is 4.38. The second kappa shape index (κ2) is 6.39. The van der Waals surface area contributed by atoms with Crippen LogP contribution in [-0.2, 0) is 16.0 Å². The Labute approximate surface area is 102 Å². The van der Waals surface area contributed by atoms with E-state index in [1.165, 1.54) is 13.2 Å². The Morgan fingerprint density at radius 2 is 2.18 bits per heavy atom. The molecule has 0 amide bonds. The van der Waals surface area contributed by atoms with E-state index in [4.69, 9.17) is 11.6 Å². The first kappa shape index (κ1) is 13.7. The van der Waals surface area contributed by atoms with Crippen LogP contribution in [0.5, 0.6) is 5.75 Å². The lowest BCUT2D eigenvalue weighted by Gasteiger charge is -2.10. The Morgan fingerprint density at radius 3 is 2.76 bits per heavy atom. The molecule has 0 N–H and O–H groups in total. The molecule has 1 aromatic carbocycles. The predicted octanol–water partition coefficient (Wildman–Crippen LogP) is 3.05. The first-order valence-electron chi connectivity index (χ1n) is 4.83. The van der Waals surface area contributed by atoms with E-state index in [-0.39, 0.29) is 18.6 Å². The van der Waals surface area contributed by atoms with E-state index >= 15 is 0 Å². The highest BCUT2D eigenvalue weighted by Crippen LogP contribution is 2.26. The van der Waals surface area contributed by atoms with E-state index in [0.717, 1.165) is 0 Å². The van der Waals surface area contributed by atoms with Crippen LogP contribution in [0.25, 0.3) is 0 Å². The SMILES string of the molecule is COC(=O)CCc1ccc(Cl)cc1OC(F)F. The molecule has 6 heteroatoms. The van der Waals surface area contributed by atoms with Gasteiger partial charge in [0.2, 0.25) is 0 Å². The van der Waals surface area contributed by atoms with Gasteiger partial charge >= 0.3 is 12.6 Å². The molecule has 0 spiro atoms. The Balaban J connectivity index is 2.78. The average molecular weight is 265 g/mol. The van der Waals surface area contributed by atoms with E-state index in [1.54, 1.807) is 12.1 Å². The zero-order chi connectivity index (χ0) is 12.8. The largest absolute Gasteiger partial charge is 0.469 e. The van der Waals surface area contributed by atoms with Crippen LogP contribution in [0, 0.1) is 0 Å². The number of ether oxygens (including phenoxy) is 2. The van der Waals surface area contributed by atoms with Crippen LogP contribution in [0.3, 0.4) is 0 Å². The van der Waals surface area contributed by atoms with Crippen LogP contribution in [0.2, 0.25) is 5.02 Å². The fourth-order valence-corrected chi connectivity index (χ4v) is 1.44. The van der Waals surface area contributed by atoms with Crippen LogP contribution < -0.4 is 4.74 Å². The molecule has 0 bridgehead atoms. The van der Waals surface area contributed by atoms with Crippen molar-refractivity contribution in [1.29, 1.82) is 0 Å². The molecule has 0 aliphatic rings. The van der Waals surface area contributed by atoms with Crippen molar-refractivity contribution in [3.8, 4) is 5.75 Å². The van der Waals surface area contributed by atoms with Crippen molar-refractivity contribution in [2.45, 2.75) is 19.5 Å². The van der Waals surface area contributed by atoms with Crippen LogP contribution in [0.1, 0.15) is 12.0 Å². The average Bonchev–Trinajstić information content (AvgIpc) is 2.26. The van der Waals surface area contributed by atoms with Crippen molar-refractivity contribution in [3.63, 3.8) is 0 Å². The minimum atomic E-state index is -2.93. The molecule has 0 aliphatic carbocycles. The van der Waals surface area contributed by atoms with Crippen molar-refractivity contribution in [3.05, 3.63) is 28.8 Å². The third-order valence-corrected chi connectivity index (χ3v) is 2.31. The monoisotopic (exact) mass is 264 g/mol. The Kier molecular flexibility index (Phi) is 5.15. The molecule has 0 unspecified atom stereocenters. The highest BCUT2D eigenvalue weighted by molar-refractivity contribution is 6.30. The zero-order valence-electron chi connectivity index (χ0n) is 9.08. The van der Waals surface area contributed by atoms with Gasteiger partial charge in [-0.05, 0) is 24.1 Å². The lowest BCUT2D eigenvalue weighted by Crippen LogP contribution is -2.07. The van der Waals surface area contributed by atoms with E-state index in [9.17, 15) is 13.6 Å². The fraction of sp³-hybridized carbons (Fsp3) is 0.364. The fourth-order valence-electron chi connectivity index (χ4n) is 1.28. The topological polar surface area (TPSA) is 35.5 Å². The molecule has 0 fully saturated rings. The summed E-state index contributed by atoms with van der Waals surface area (Å²) in [4.78, 5) is 10.9. The van der Waals surface area contributed by atoms with E-state index < -0.39 is 12.6 Å². The van der Waals surface area contributed by atoms with Gasteiger partial charge in [-0.2, -0.15) is 8.78 Å². The van der Waals surface area contributed by atoms with Crippen LogP contribution in [-0.4, -0.2) is 19.7 Å². The molecule has 3 nitrogen and oxygen atoms in total. The van der Waals surface area contributed by atoms with Crippen molar-refractivity contribution in [2.24, 2.45) is 0 Å². The second-order valence-electron chi connectivity index (χ2n) is 3.21. The smallest absolute Gasteiger partial charge is 0.387 e. The number of aryl methyl sites for hydroxylation is 1. The summed E-state index contributed by atoms with van der Waals surface area (Å²) in [7, 11) is 1.26. The van der Waals surface area contributed by atoms with Gasteiger partial charge in [-0.1, -0.05) is 17.7 Å². The Hall–Kier alpha value is -1.36. The van der Waals surface area contributed by atoms with Gasteiger partial charge in [0.15, 0.2) is 0 Å². The standard InChI is InChI=1S/C11H11ClF2O3/c1-16-10(15)5-3-7-2-4-8(12)6-9(7)17-11(13)14/h2,4,6,11H,3,5H2,1H3. The summed E-state index contributed by atoms with van der Waals surface area (Å²) < 4.78 is 33.1.